The van der Waals surface area contributed by atoms with E-state index in [2.05, 4.69) is 52.3 Å². The third-order valence-electron chi connectivity index (χ3n) is 9.22. The number of benzene rings is 2. The molecule has 0 saturated carbocycles. The number of carbonyl (C=O) groups is 1. The summed E-state index contributed by atoms with van der Waals surface area (Å²) in [6.07, 6.45) is 4.57. The number of hydrogen-bond acceptors (Lipinski definition) is 9. The van der Waals surface area contributed by atoms with Crippen LogP contribution in [-0.2, 0) is 16.6 Å². The molecule has 4 aromatic rings. The van der Waals surface area contributed by atoms with Crippen LogP contribution in [0.25, 0.3) is 11.3 Å². The molecule has 6 rings (SSSR count). The van der Waals surface area contributed by atoms with Gasteiger partial charge in [0, 0.05) is 36.0 Å². The SMILES string of the molecule is Cc1cnc(N2CCC[C@H]2C)nc1CN1C(=O)c2cccc(c2)S(=O)(=O)Nc2nc(cc(-c3c(C)cccc3C)n2)OC[C@H]1CC(C)(C)C. The lowest BCUT2D eigenvalue weighted by molar-refractivity contribution is 0.0508. The molecule has 0 unspecified atom stereocenters. The predicted molar refractivity (Wildman–Crippen MR) is 190 cm³/mol. The van der Waals surface area contributed by atoms with Crippen LogP contribution in [0.5, 0.6) is 5.88 Å². The van der Waals surface area contributed by atoms with Gasteiger partial charge in [0.2, 0.25) is 17.8 Å². The van der Waals surface area contributed by atoms with Gasteiger partial charge in [-0.3, -0.25) is 4.79 Å². The lowest BCUT2D eigenvalue weighted by Gasteiger charge is -2.36. The first-order chi connectivity index (χ1) is 23.2. The van der Waals surface area contributed by atoms with Gasteiger partial charge in [0.25, 0.3) is 15.9 Å². The van der Waals surface area contributed by atoms with E-state index in [1.54, 1.807) is 23.1 Å². The van der Waals surface area contributed by atoms with E-state index in [1.807, 2.05) is 45.2 Å². The zero-order valence-corrected chi connectivity index (χ0v) is 30.1. The molecular weight excluding hydrogens is 639 g/mol. The monoisotopic (exact) mass is 683 g/mol. The minimum atomic E-state index is -4.17. The van der Waals surface area contributed by atoms with Gasteiger partial charge >= 0.3 is 0 Å². The van der Waals surface area contributed by atoms with E-state index in [0.717, 1.165) is 47.3 Å². The molecule has 2 aromatic heterocycles. The smallest absolute Gasteiger partial charge is 0.264 e. The summed E-state index contributed by atoms with van der Waals surface area (Å²) in [5, 5.41) is 0. The van der Waals surface area contributed by atoms with E-state index < -0.39 is 16.1 Å². The van der Waals surface area contributed by atoms with Gasteiger partial charge in [0.05, 0.1) is 28.9 Å². The molecule has 12 heteroatoms. The van der Waals surface area contributed by atoms with Crippen LogP contribution in [0.2, 0.25) is 0 Å². The number of aryl methyl sites for hydroxylation is 3. The second kappa shape index (κ2) is 13.4. The van der Waals surface area contributed by atoms with Gasteiger partial charge in [0.15, 0.2) is 0 Å². The van der Waals surface area contributed by atoms with Gasteiger partial charge in [-0.15, -0.1) is 0 Å². The summed E-state index contributed by atoms with van der Waals surface area (Å²) in [5.74, 6) is 0.415. The van der Waals surface area contributed by atoms with Crippen molar-refractivity contribution in [3.05, 3.63) is 82.7 Å². The molecule has 1 amide bonds. The van der Waals surface area contributed by atoms with E-state index in [9.17, 15) is 13.2 Å². The Kier molecular flexibility index (Phi) is 9.36. The fraction of sp³-hybridized carbons (Fsp3) is 0.432. The number of nitrogens with zero attached hydrogens (tertiary/aromatic N) is 6. The third-order valence-corrected chi connectivity index (χ3v) is 10.5. The Bertz CT molecular complexity index is 1970. The van der Waals surface area contributed by atoms with Crippen LogP contribution in [0.4, 0.5) is 11.9 Å². The molecule has 49 heavy (non-hydrogen) atoms. The quantitative estimate of drug-likeness (QED) is 0.251. The van der Waals surface area contributed by atoms with Crippen molar-refractivity contribution in [1.82, 2.24) is 24.8 Å². The van der Waals surface area contributed by atoms with Crippen molar-refractivity contribution < 1.29 is 17.9 Å². The van der Waals surface area contributed by atoms with E-state index in [-0.39, 0.29) is 46.8 Å². The van der Waals surface area contributed by atoms with E-state index in [0.29, 0.717) is 24.1 Å². The second-order valence-corrected chi connectivity index (χ2v) is 16.1. The molecule has 0 spiro atoms. The van der Waals surface area contributed by atoms with Crippen LogP contribution in [0.1, 0.15) is 79.7 Å². The number of ether oxygens (including phenoxy) is 1. The van der Waals surface area contributed by atoms with Gasteiger partial charge < -0.3 is 14.5 Å². The number of anilines is 2. The minimum absolute atomic E-state index is 0.0722. The summed E-state index contributed by atoms with van der Waals surface area (Å²) >= 11 is 0. The van der Waals surface area contributed by atoms with Crippen molar-refractivity contribution in [3.63, 3.8) is 0 Å². The summed E-state index contributed by atoms with van der Waals surface area (Å²) in [4.78, 5) is 37.3. The van der Waals surface area contributed by atoms with Crippen molar-refractivity contribution >= 4 is 27.8 Å². The van der Waals surface area contributed by atoms with Gasteiger partial charge in [-0.2, -0.15) is 4.98 Å². The van der Waals surface area contributed by atoms with Gasteiger partial charge in [0.1, 0.15) is 6.61 Å². The molecule has 4 bridgehead atoms. The summed E-state index contributed by atoms with van der Waals surface area (Å²) in [5.41, 5.74) is 5.00. The molecule has 2 atom stereocenters. The highest BCUT2D eigenvalue weighted by Gasteiger charge is 2.33. The highest BCUT2D eigenvalue weighted by molar-refractivity contribution is 7.92. The first kappa shape index (κ1) is 34.3. The number of amides is 1. The molecule has 2 aliphatic rings. The maximum absolute atomic E-state index is 14.6. The molecule has 0 radical (unpaired) electrons. The van der Waals surface area contributed by atoms with Crippen molar-refractivity contribution in [2.75, 3.05) is 22.8 Å². The number of nitrogens with one attached hydrogen (secondary N) is 1. The van der Waals surface area contributed by atoms with Crippen molar-refractivity contribution in [2.24, 2.45) is 5.41 Å². The standard InChI is InChI=1S/C37H45N7O4S/c1-23-11-8-12-24(2)33(23)30-18-32-41-35(39-30)42-49(46,47)29-15-9-14-27(17-29)34(45)44(28(22-48-32)19-37(5,6)7)21-31-25(3)20-38-36(40-31)43-16-10-13-26(43)4/h8-9,11-12,14-15,17-18,20,26,28H,10,13,16,19,21-22H2,1-7H3,(H,39,41,42)/t26-,28-/m1/s1. The first-order valence-corrected chi connectivity index (χ1v) is 18.3. The van der Waals surface area contributed by atoms with Gasteiger partial charge in [-0.1, -0.05) is 45.0 Å². The Labute approximate surface area is 289 Å². The van der Waals surface area contributed by atoms with Crippen molar-refractivity contribution in [1.29, 1.82) is 0 Å². The van der Waals surface area contributed by atoms with E-state index >= 15 is 0 Å². The molecule has 1 saturated heterocycles. The molecule has 258 valence electrons. The van der Waals surface area contributed by atoms with E-state index in [1.165, 1.54) is 12.1 Å². The van der Waals surface area contributed by atoms with Crippen LogP contribution >= 0.6 is 0 Å². The summed E-state index contributed by atoms with van der Waals surface area (Å²) in [7, 11) is -4.17. The maximum Gasteiger partial charge on any atom is 0.264 e. The molecular formula is C37H45N7O4S. The molecule has 1 N–H and O–H groups in total. The number of fused-ring (bicyclic) bond motifs is 4. The largest absolute Gasteiger partial charge is 0.475 e. The number of sulfonamides is 1. The zero-order chi connectivity index (χ0) is 35.1. The first-order valence-electron chi connectivity index (χ1n) is 16.8. The average molecular weight is 684 g/mol. The molecule has 0 aliphatic carbocycles. The minimum Gasteiger partial charge on any atom is -0.475 e. The normalized spacial score (nSPS) is 19.4. The predicted octanol–water partition coefficient (Wildman–Crippen LogP) is 6.49. The topological polar surface area (TPSA) is 131 Å². The Morgan fingerprint density at radius 1 is 0.980 bits per heavy atom. The maximum atomic E-state index is 14.6. The molecule has 2 aromatic carbocycles. The van der Waals surface area contributed by atoms with E-state index in [4.69, 9.17) is 9.72 Å². The highest BCUT2D eigenvalue weighted by Crippen LogP contribution is 2.32. The Morgan fingerprint density at radius 2 is 1.71 bits per heavy atom. The fourth-order valence-corrected chi connectivity index (χ4v) is 7.69. The molecule has 4 heterocycles. The number of rotatable bonds is 5. The van der Waals surface area contributed by atoms with Crippen LogP contribution in [-0.4, -0.2) is 64.4 Å². The zero-order valence-electron chi connectivity index (χ0n) is 29.3. The Morgan fingerprint density at radius 3 is 2.41 bits per heavy atom. The van der Waals surface area contributed by atoms with Crippen molar-refractivity contribution in [3.8, 4) is 17.1 Å². The van der Waals surface area contributed by atoms with Crippen LogP contribution in [0.15, 0.2) is 59.6 Å². The second-order valence-electron chi connectivity index (χ2n) is 14.5. The van der Waals surface area contributed by atoms with Crippen LogP contribution in [0.3, 0.4) is 0 Å². The average Bonchev–Trinajstić information content (AvgIpc) is 3.47. The number of carbonyl (C=O) groups excluding carboxylic acids is 1. The molecule has 1 fully saturated rings. The van der Waals surface area contributed by atoms with Crippen LogP contribution < -0.4 is 14.4 Å². The van der Waals surface area contributed by atoms with Crippen LogP contribution in [0, 0.1) is 26.2 Å². The van der Waals surface area contributed by atoms with Gasteiger partial charge in [-0.05, 0) is 87.3 Å². The Hall–Kier alpha value is -4.58. The summed E-state index contributed by atoms with van der Waals surface area (Å²) in [6.45, 7) is 15.6. The highest BCUT2D eigenvalue weighted by atomic mass is 32.2. The van der Waals surface area contributed by atoms with Crippen molar-refractivity contribution in [2.45, 2.75) is 91.3 Å². The molecule has 2 aliphatic heterocycles. The third kappa shape index (κ3) is 7.54. The molecule has 11 nitrogen and oxygen atoms in total. The van der Waals surface area contributed by atoms with Gasteiger partial charge in [-0.25, -0.2) is 28.1 Å². The fourth-order valence-electron chi connectivity index (χ4n) is 6.70. The number of aromatic nitrogens is 4. The summed E-state index contributed by atoms with van der Waals surface area (Å²) in [6, 6.07) is 13.7. The Balaban J connectivity index is 1.49. The lowest BCUT2D eigenvalue weighted by atomic mass is 9.87. The summed E-state index contributed by atoms with van der Waals surface area (Å²) < 4.78 is 36.5. The lowest BCUT2D eigenvalue weighted by Crippen LogP contribution is -2.45. The number of hydrogen-bond donors (Lipinski definition) is 1.